The fraction of sp³-hybridized carbons (Fsp3) is 0.450. The first-order valence-electron chi connectivity index (χ1n) is 10.5. The quantitative estimate of drug-likeness (QED) is 0.108. The Hall–Kier alpha value is -4.11. The molecule has 0 fully saturated rings. The molecule has 1 aromatic carbocycles. The molecule has 0 unspecified atom stereocenters. The minimum Gasteiger partial charge on any atom is -0.391 e. The highest BCUT2D eigenvalue weighted by Gasteiger charge is 2.31. The summed E-state index contributed by atoms with van der Waals surface area (Å²) in [6.45, 7) is 1.23. The van der Waals surface area contributed by atoms with Crippen LogP contribution in [0.1, 0.15) is 32.6 Å². The van der Waals surface area contributed by atoms with Gasteiger partial charge in [-0.25, -0.2) is 0 Å². The third-order valence-corrected chi connectivity index (χ3v) is 4.76. The van der Waals surface area contributed by atoms with Crippen molar-refractivity contribution in [3.05, 3.63) is 34.4 Å². The number of carbonyl (C=O) groups is 5. The lowest BCUT2D eigenvalue weighted by Crippen LogP contribution is -2.57. The Kier molecular flexibility index (Phi) is 11.2. The van der Waals surface area contributed by atoms with Gasteiger partial charge in [0.1, 0.15) is 12.1 Å². The molecule has 5 amide bonds. The predicted octanol–water partition coefficient (Wildman–Crippen LogP) is -2.26. The molecule has 0 saturated heterocycles. The van der Waals surface area contributed by atoms with Crippen LogP contribution in [0.25, 0.3) is 0 Å². The molecule has 0 aliphatic carbocycles. The maximum absolute atomic E-state index is 12.8. The number of aliphatic hydroxyl groups excluding tert-OH is 1. The minimum absolute atomic E-state index is 0.0841. The summed E-state index contributed by atoms with van der Waals surface area (Å²) in [6, 6.07) is 0.826. The van der Waals surface area contributed by atoms with Crippen molar-refractivity contribution in [3.63, 3.8) is 0 Å². The Morgan fingerprint density at radius 1 is 0.943 bits per heavy atom. The first-order chi connectivity index (χ1) is 16.3. The number of nitrogens with zero attached hydrogens (tertiary/aromatic N) is 1. The van der Waals surface area contributed by atoms with Crippen LogP contribution in [0.2, 0.25) is 0 Å². The van der Waals surface area contributed by atoms with E-state index >= 15 is 0 Å². The van der Waals surface area contributed by atoms with Crippen molar-refractivity contribution in [1.82, 2.24) is 10.6 Å². The molecule has 35 heavy (non-hydrogen) atoms. The van der Waals surface area contributed by atoms with Gasteiger partial charge in [0.25, 0.3) is 5.69 Å². The van der Waals surface area contributed by atoms with Crippen LogP contribution in [0.5, 0.6) is 0 Å². The van der Waals surface area contributed by atoms with Gasteiger partial charge in [-0.3, -0.25) is 34.1 Å². The van der Waals surface area contributed by atoms with E-state index in [1.807, 2.05) is 0 Å². The maximum Gasteiger partial charge on any atom is 0.269 e. The Labute approximate surface area is 199 Å². The van der Waals surface area contributed by atoms with Crippen molar-refractivity contribution in [1.29, 1.82) is 0 Å². The normalized spacial score (nSPS) is 14.0. The molecule has 0 heterocycles. The van der Waals surface area contributed by atoms with Crippen LogP contribution in [0, 0.1) is 10.1 Å². The molecule has 0 aliphatic heterocycles. The summed E-state index contributed by atoms with van der Waals surface area (Å²) in [7, 11) is 0. The number of nitro benzene ring substituents is 1. The van der Waals surface area contributed by atoms with Crippen LogP contribution in [0.3, 0.4) is 0 Å². The topological polar surface area (TPSA) is 263 Å². The molecule has 192 valence electrons. The van der Waals surface area contributed by atoms with Gasteiger partial charge in [-0.1, -0.05) is 0 Å². The maximum atomic E-state index is 12.8. The van der Waals surface area contributed by atoms with Crippen molar-refractivity contribution in [3.8, 4) is 0 Å². The third-order valence-electron chi connectivity index (χ3n) is 4.76. The third kappa shape index (κ3) is 10.1. The molecule has 0 bridgehead atoms. The summed E-state index contributed by atoms with van der Waals surface area (Å²) in [6.07, 6.45) is -2.16. The molecule has 0 aliphatic rings. The summed E-state index contributed by atoms with van der Waals surface area (Å²) in [5.41, 5.74) is 15.8. The van der Waals surface area contributed by atoms with Crippen LogP contribution in [0.15, 0.2) is 24.3 Å². The Balaban J connectivity index is 2.93. The molecule has 4 atom stereocenters. The molecule has 15 nitrogen and oxygen atoms in total. The van der Waals surface area contributed by atoms with Gasteiger partial charge in [0.2, 0.25) is 29.5 Å². The second kappa shape index (κ2) is 13.6. The van der Waals surface area contributed by atoms with Gasteiger partial charge in [0.05, 0.1) is 17.1 Å². The molecule has 0 spiro atoms. The average Bonchev–Trinajstić information content (AvgIpc) is 2.77. The van der Waals surface area contributed by atoms with E-state index in [0.717, 1.165) is 12.1 Å². The molecule has 10 N–H and O–H groups in total. The lowest BCUT2D eigenvalue weighted by atomic mass is 10.1. The van der Waals surface area contributed by atoms with Gasteiger partial charge in [0, 0.05) is 30.7 Å². The summed E-state index contributed by atoms with van der Waals surface area (Å²) in [5.74, 6) is -3.99. The molecular formula is C20H29N7O8. The van der Waals surface area contributed by atoms with Crippen molar-refractivity contribution >= 4 is 40.9 Å². The molecule has 0 aromatic heterocycles. The van der Waals surface area contributed by atoms with Crippen LogP contribution >= 0.6 is 0 Å². The van der Waals surface area contributed by atoms with Gasteiger partial charge in [-0.05, 0) is 31.9 Å². The number of nitrogens with two attached hydrogens (primary N) is 3. The fourth-order valence-corrected chi connectivity index (χ4v) is 2.81. The van der Waals surface area contributed by atoms with Crippen molar-refractivity contribution in [2.24, 2.45) is 17.2 Å². The van der Waals surface area contributed by atoms with Crippen LogP contribution in [0.4, 0.5) is 11.4 Å². The number of carbonyl (C=O) groups excluding carboxylic acids is 5. The van der Waals surface area contributed by atoms with E-state index in [1.54, 1.807) is 0 Å². The van der Waals surface area contributed by atoms with Crippen LogP contribution in [-0.4, -0.2) is 63.8 Å². The number of rotatable bonds is 14. The summed E-state index contributed by atoms with van der Waals surface area (Å²) in [5, 5.41) is 27.8. The Bertz CT molecular complexity index is 951. The highest BCUT2D eigenvalue weighted by molar-refractivity contribution is 5.99. The zero-order chi connectivity index (χ0) is 26.7. The average molecular weight is 495 g/mol. The Morgan fingerprint density at radius 3 is 1.97 bits per heavy atom. The smallest absolute Gasteiger partial charge is 0.269 e. The fourth-order valence-electron chi connectivity index (χ4n) is 2.81. The number of benzene rings is 1. The number of nitrogens with one attached hydrogen (secondary N) is 3. The number of nitro groups is 1. The number of primary amides is 2. The van der Waals surface area contributed by atoms with E-state index in [9.17, 15) is 39.2 Å². The summed E-state index contributed by atoms with van der Waals surface area (Å²) in [4.78, 5) is 70.0. The zero-order valence-electron chi connectivity index (χ0n) is 18.9. The second-order valence-corrected chi connectivity index (χ2v) is 7.70. The lowest BCUT2D eigenvalue weighted by molar-refractivity contribution is -0.384. The number of aliphatic hydroxyl groups is 1. The largest absolute Gasteiger partial charge is 0.391 e. The molecular weight excluding hydrogens is 466 g/mol. The number of amides is 5. The van der Waals surface area contributed by atoms with E-state index in [4.69, 9.17) is 17.2 Å². The number of non-ortho nitro benzene ring substituents is 1. The molecule has 0 radical (unpaired) electrons. The minimum atomic E-state index is -1.49. The lowest BCUT2D eigenvalue weighted by Gasteiger charge is -2.25. The number of hydrogen-bond donors (Lipinski definition) is 7. The van der Waals surface area contributed by atoms with Gasteiger partial charge >= 0.3 is 0 Å². The molecule has 1 aromatic rings. The van der Waals surface area contributed by atoms with Gasteiger partial charge in [-0.15, -0.1) is 0 Å². The SMILES string of the molecule is C[C@@H](O)[C@H](NC(=O)[C@H](CCC(N)=O)NC(=O)[C@@H](N)CCC(N)=O)C(=O)Nc1ccc([N+](=O)[O-])cc1. The van der Waals surface area contributed by atoms with Crippen LogP contribution in [-0.2, 0) is 24.0 Å². The molecule has 15 heteroatoms. The molecule has 0 saturated carbocycles. The van der Waals surface area contributed by atoms with E-state index < -0.39 is 58.7 Å². The van der Waals surface area contributed by atoms with Crippen molar-refractivity contribution in [2.45, 2.75) is 56.8 Å². The van der Waals surface area contributed by atoms with E-state index in [2.05, 4.69) is 16.0 Å². The Morgan fingerprint density at radius 2 is 1.49 bits per heavy atom. The first kappa shape index (κ1) is 28.9. The standard InChI is InChI=1S/C20H29N7O8/c1-10(28)17(20(33)24-11-2-4-12(5-3-11)27(34)35)26-19(32)14(7-9-16(23)30)25-18(31)13(21)6-8-15(22)29/h2-5,10,13-14,17,28H,6-9,21H2,1H3,(H2,22,29)(H2,23,30)(H,24,33)(H,25,31)(H,26,32)/t10-,13+,14+,17+/m1/s1. The second-order valence-electron chi connectivity index (χ2n) is 7.70. The van der Waals surface area contributed by atoms with E-state index in [-0.39, 0.29) is 37.1 Å². The zero-order valence-corrected chi connectivity index (χ0v) is 18.9. The molecule has 1 rings (SSSR count). The summed E-state index contributed by atoms with van der Waals surface area (Å²) >= 11 is 0. The number of hydrogen-bond acceptors (Lipinski definition) is 9. The first-order valence-corrected chi connectivity index (χ1v) is 10.5. The van der Waals surface area contributed by atoms with Crippen molar-refractivity contribution in [2.75, 3.05) is 5.32 Å². The highest BCUT2D eigenvalue weighted by Crippen LogP contribution is 2.16. The van der Waals surface area contributed by atoms with E-state index in [0.29, 0.717) is 0 Å². The summed E-state index contributed by atoms with van der Waals surface area (Å²) < 4.78 is 0. The van der Waals surface area contributed by atoms with E-state index in [1.165, 1.54) is 19.1 Å². The van der Waals surface area contributed by atoms with Gasteiger partial charge < -0.3 is 38.3 Å². The predicted molar refractivity (Wildman–Crippen MR) is 122 cm³/mol. The highest BCUT2D eigenvalue weighted by atomic mass is 16.6. The monoisotopic (exact) mass is 495 g/mol. The van der Waals surface area contributed by atoms with Crippen LogP contribution < -0.4 is 33.2 Å². The van der Waals surface area contributed by atoms with Gasteiger partial charge in [-0.2, -0.15) is 0 Å². The number of anilines is 1. The van der Waals surface area contributed by atoms with Crippen molar-refractivity contribution < 1.29 is 34.0 Å². The van der Waals surface area contributed by atoms with Gasteiger partial charge in [0.15, 0.2) is 0 Å².